The molecule has 1 atom stereocenters. The summed E-state index contributed by atoms with van der Waals surface area (Å²) in [5.74, 6) is -1.87. The molecule has 1 aromatic rings. The highest BCUT2D eigenvalue weighted by molar-refractivity contribution is 7.89. The number of rotatable bonds is 3. The molecule has 1 aliphatic heterocycles. The number of aliphatic carboxylic acids is 1. The Kier molecular flexibility index (Phi) is 4.22. The number of carboxylic acid groups (broad SMARTS) is 1. The first-order chi connectivity index (χ1) is 9.75. The van der Waals surface area contributed by atoms with Crippen LogP contribution in [0, 0.1) is 6.92 Å². The summed E-state index contributed by atoms with van der Waals surface area (Å²) < 4.78 is 26.0. The average molecular weight is 333 g/mol. The number of sulfonamides is 1. The number of carbonyl (C=O) groups is 2. The molecule has 1 unspecified atom stereocenters. The molecule has 0 bridgehead atoms. The van der Waals surface area contributed by atoms with Crippen LogP contribution in [0.2, 0.25) is 5.02 Å². The van der Waals surface area contributed by atoms with Crippen LogP contribution in [0.25, 0.3) is 0 Å². The number of hydrogen-bond donors (Lipinski definition) is 2. The lowest BCUT2D eigenvalue weighted by Gasteiger charge is -2.32. The van der Waals surface area contributed by atoms with Gasteiger partial charge in [-0.25, -0.2) is 8.42 Å². The van der Waals surface area contributed by atoms with E-state index in [-0.39, 0.29) is 16.5 Å². The van der Waals surface area contributed by atoms with Crippen molar-refractivity contribution in [3.05, 3.63) is 28.8 Å². The summed E-state index contributed by atoms with van der Waals surface area (Å²) in [7, 11) is -4.14. The highest BCUT2D eigenvalue weighted by Crippen LogP contribution is 2.27. The van der Waals surface area contributed by atoms with Crippen LogP contribution in [0.3, 0.4) is 0 Å². The third-order valence-electron chi connectivity index (χ3n) is 3.23. The first-order valence-electron chi connectivity index (χ1n) is 6.01. The third-order valence-corrected chi connectivity index (χ3v) is 5.64. The molecule has 0 aromatic heterocycles. The van der Waals surface area contributed by atoms with Crippen LogP contribution in [0.4, 0.5) is 0 Å². The molecule has 7 nitrogen and oxygen atoms in total. The molecule has 0 saturated carbocycles. The standard InChI is InChI=1S/C12H13ClN2O5S/c1-7-8(13)3-2-4-10(7)21(19,20)15-6-11(16)14-5-9(15)12(17)18/h2-4,9H,5-6H2,1H3,(H,14,16)(H,17,18). The Morgan fingerprint density at radius 2 is 2.14 bits per heavy atom. The number of benzene rings is 1. The number of carbonyl (C=O) groups excluding carboxylic acids is 1. The highest BCUT2D eigenvalue weighted by Gasteiger charge is 2.41. The number of piperazine rings is 1. The van der Waals surface area contributed by atoms with Gasteiger partial charge in [0.05, 0.1) is 11.4 Å². The first kappa shape index (κ1) is 15.7. The largest absolute Gasteiger partial charge is 0.480 e. The van der Waals surface area contributed by atoms with E-state index in [4.69, 9.17) is 16.7 Å². The summed E-state index contributed by atoms with van der Waals surface area (Å²) in [6.07, 6.45) is 0. The van der Waals surface area contributed by atoms with Crippen molar-refractivity contribution in [1.82, 2.24) is 9.62 Å². The maximum absolute atomic E-state index is 12.6. The Hall–Kier alpha value is -1.64. The smallest absolute Gasteiger partial charge is 0.323 e. The Balaban J connectivity index is 2.52. The molecule has 1 aromatic carbocycles. The Bertz CT molecular complexity index is 704. The zero-order chi connectivity index (χ0) is 15.8. The molecular weight excluding hydrogens is 320 g/mol. The van der Waals surface area contributed by atoms with Gasteiger partial charge in [0.1, 0.15) is 6.04 Å². The number of nitrogens with one attached hydrogen (secondary N) is 1. The minimum absolute atomic E-state index is 0.101. The van der Waals surface area contributed by atoms with Crippen molar-refractivity contribution in [3.63, 3.8) is 0 Å². The van der Waals surface area contributed by atoms with Crippen LogP contribution in [0.5, 0.6) is 0 Å². The molecule has 2 N–H and O–H groups in total. The molecule has 9 heteroatoms. The second kappa shape index (κ2) is 5.63. The summed E-state index contributed by atoms with van der Waals surface area (Å²) in [6.45, 7) is 0.716. The van der Waals surface area contributed by atoms with Crippen LogP contribution < -0.4 is 5.32 Å². The maximum Gasteiger partial charge on any atom is 0.323 e. The fraction of sp³-hybridized carbons (Fsp3) is 0.333. The lowest BCUT2D eigenvalue weighted by Crippen LogP contribution is -2.59. The minimum atomic E-state index is -4.14. The second-order valence-electron chi connectivity index (χ2n) is 4.57. The minimum Gasteiger partial charge on any atom is -0.480 e. The van der Waals surface area contributed by atoms with E-state index in [9.17, 15) is 18.0 Å². The second-order valence-corrected chi connectivity index (χ2v) is 6.84. The molecule has 0 radical (unpaired) electrons. The van der Waals surface area contributed by atoms with Gasteiger partial charge in [-0.15, -0.1) is 0 Å². The fourth-order valence-electron chi connectivity index (χ4n) is 2.08. The van der Waals surface area contributed by atoms with Crippen molar-refractivity contribution in [1.29, 1.82) is 0 Å². The van der Waals surface area contributed by atoms with E-state index in [1.165, 1.54) is 25.1 Å². The van der Waals surface area contributed by atoms with Crippen LogP contribution in [-0.4, -0.2) is 48.8 Å². The van der Waals surface area contributed by atoms with Crippen molar-refractivity contribution < 1.29 is 23.1 Å². The summed E-state index contributed by atoms with van der Waals surface area (Å²) in [5, 5.41) is 11.7. The van der Waals surface area contributed by atoms with Crippen molar-refractivity contribution in [2.45, 2.75) is 17.9 Å². The van der Waals surface area contributed by atoms with Gasteiger partial charge < -0.3 is 10.4 Å². The molecule has 1 fully saturated rings. The van der Waals surface area contributed by atoms with E-state index < -0.39 is 34.5 Å². The van der Waals surface area contributed by atoms with Gasteiger partial charge in [-0.1, -0.05) is 17.7 Å². The molecule has 1 amide bonds. The lowest BCUT2D eigenvalue weighted by atomic mass is 10.2. The van der Waals surface area contributed by atoms with Crippen molar-refractivity contribution >= 4 is 33.5 Å². The normalized spacial score (nSPS) is 20.1. The Labute approximate surface area is 126 Å². The Morgan fingerprint density at radius 3 is 2.76 bits per heavy atom. The zero-order valence-corrected chi connectivity index (χ0v) is 12.6. The van der Waals surface area contributed by atoms with Gasteiger partial charge in [-0.05, 0) is 24.6 Å². The fourth-order valence-corrected chi connectivity index (χ4v) is 4.09. The van der Waals surface area contributed by atoms with Crippen LogP contribution >= 0.6 is 11.6 Å². The molecule has 1 heterocycles. The molecule has 0 aliphatic carbocycles. The predicted molar refractivity (Wildman–Crippen MR) is 74.5 cm³/mol. The molecular formula is C12H13ClN2O5S. The van der Waals surface area contributed by atoms with E-state index in [0.29, 0.717) is 9.87 Å². The van der Waals surface area contributed by atoms with Gasteiger partial charge in [-0.3, -0.25) is 9.59 Å². The molecule has 1 aliphatic rings. The van der Waals surface area contributed by atoms with Crippen LogP contribution in [0.15, 0.2) is 23.1 Å². The van der Waals surface area contributed by atoms with Gasteiger partial charge in [0.2, 0.25) is 15.9 Å². The highest BCUT2D eigenvalue weighted by atomic mass is 35.5. The van der Waals surface area contributed by atoms with E-state index in [1.54, 1.807) is 0 Å². The molecule has 114 valence electrons. The van der Waals surface area contributed by atoms with Crippen LogP contribution in [0.1, 0.15) is 5.56 Å². The SMILES string of the molecule is Cc1c(Cl)cccc1S(=O)(=O)N1CC(=O)NCC1C(=O)O. The van der Waals surface area contributed by atoms with E-state index >= 15 is 0 Å². The first-order valence-corrected chi connectivity index (χ1v) is 7.83. The van der Waals surface area contributed by atoms with Crippen molar-refractivity contribution in [2.24, 2.45) is 0 Å². The summed E-state index contributed by atoms with van der Waals surface area (Å²) >= 11 is 5.91. The maximum atomic E-state index is 12.6. The van der Waals surface area contributed by atoms with Crippen molar-refractivity contribution in [2.75, 3.05) is 13.1 Å². The monoisotopic (exact) mass is 332 g/mol. The topological polar surface area (TPSA) is 104 Å². The molecule has 2 rings (SSSR count). The van der Waals surface area contributed by atoms with Gasteiger partial charge >= 0.3 is 5.97 Å². The quantitative estimate of drug-likeness (QED) is 0.824. The third kappa shape index (κ3) is 2.87. The summed E-state index contributed by atoms with van der Waals surface area (Å²) in [5.41, 5.74) is 0.314. The molecule has 1 saturated heterocycles. The van der Waals surface area contributed by atoms with E-state index in [2.05, 4.69) is 5.32 Å². The number of halogens is 1. The summed E-state index contributed by atoms with van der Waals surface area (Å²) in [4.78, 5) is 22.6. The van der Waals surface area contributed by atoms with E-state index in [0.717, 1.165) is 0 Å². The molecule has 21 heavy (non-hydrogen) atoms. The average Bonchev–Trinajstić information content (AvgIpc) is 2.41. The van der Waals surface area contributed by atoms with Crippen LogP contribution in [-0.2, 0) is 19.6 Å². The lowest BCUT2D eigenvalue weighted by molar-refractivity contribution is -0.143. The number of hydrogen-bond acceptors (Lipinski definition) is 4. The number of carboxylic acids is 1. The van der Waals surface area contributed by atoms with E-state index in [1.807, 2.05) is 0 Å². The van der Waals surface area contributed by atoms with Crippen molar-refractivity contribution in [3.8, 4) is 0 Å². The van der Waals surface area contributed by atoms with Gasteiger partial charge in [-0.2, -0.15) is 4.31 Å². The number of amides is 1. The van der Waals surface area contributed by atoms with Gasteiger partial charge in [0.15, 0.2) is 0 Å². The predicted octanol–water partition coefficient (Wildman–Crippen LogP) is 0.222. The molecule has 0 spiro atoms. The number of nitrogens with zero attached hydrogens (tertiary/aromatic N) is 1. The zero-order valence-electron chi connectivity index (χ0n) is 11.0. The Morgan fingerprint density at radius 1 is 1.48 bits per heavy atom. The van der Waals surface area contributed by atoms with Gasteiger partial charge in [0.25, 0.3) is 0 Å². The van der Waals surface area contributed by atoms with Gasteiger partial charge in [0, 0.05) is 11.6 Å². The summed E-state index contributed by atoms with van der Waals surface area (Å²) in [6, 6.07) is 2.99.